The molecular weight excluding hydrogens is 407 g/mol. The summed E-state index contributed by atoms with van der Waals surface area (Å²) >= 11 is 6.06. The van der Waals surface area contributed by atoms with E-state index in [2.05, 4.69) is 10.1 Å². The molecule has 0 saturated carbocycles. The summed E-state index contributed by atoms with van der Waals surface area (Å²) in [6.45, 7) is 1.74. The Kier molecular flexibility index (Phi) is 4.66. The van der Waals surface area contributed by atoms with E-state index in [4.69, 9.17) is 16.3 Å². The van der Waals surface area contributed by atoms with Crippen LogP contribution in [0.1, 0.15) is 28.6 Å². The molecule has 2 heterocycles. The van der Waals surface area contributed by atoms with Crippen molar-refractivity contribution in [3.63, 3.8) is 0 Å². The highest BCUT2D eigenvalue weighted by Crippen LogP contribution is 2.39. The molecule has 0 N–H and O–H groups in total. The fraction of sp³-hybridized carbons (Fsp3) is 0.150. The fourth-order valence-electron chi connectivity index (χ4n) is 3.10. The van der Waals surface area contributed by atoms with Gasteiger partial charge in [-0.2, -0.15) is 18.3 Å². The second-order valence-electron chi connectivity index (χ2n) is 6.41. The first kappa shape index (κ1) is 19.2. The van der Waals surface area contributed by atoms with Crippen LogP contribution < -0.4 is 0 Å². The van der Waals surface area contributed by atoms with Gasteiger partial charge in [-0.15, -0.1) is 0 Å². The van der Waals surface area contributed by atoms with Gasteiger partial charge in [-0.1, -0.05) is 29.8 Å². The highest BCUT2D eigenvalue weighted by Gasteiger charge is 2.37. The number of benzene rings is 2. The number of rotatable bonds is 3. The van der Waals surface area contributed by atoms with E-state index in [0.717, 1.165) is 10.7 Å². The molecule has 0 radical (unpaired) electrons. The summed E-state index contributed by atoms with van der Waals surface area (Å²) in [7, 11) is 0. The van der Waals surface area contributed by atoms with Crippen LogP contribution in [0.4, 0.5) is 18.9 Å². The summed E-state index contributed by atoms with van der Waals surface area (Å²) in [5.41, 5.74) is 0.838. The maximum atomic E-state index is 13.3. The Morgan fingerprint density at radius 2 is 1.90 bits per heavy atom. The van der Waals surface area contributed by atoms with Gasteiger partial charge in [0.1, 0.15) is 5.69 Å². The molecule has 1 aliphatic heterocycles. The first-order valence-corrected chi connectivity index (χ1v) is 8.89. The second kappa shape index (κ2) is 7.04. The van der Waals surface area contributed by atoms with Gasteiger partial charge >= 0.3 is 6.18 Å². The van der Waals surface area contributed by atoms with Crippen LogP contribution in [0.5, 0.6) is 0 Å². The minimum atomic E-state index is -4.66. The van der Waals surface area contributed by atoms with E-state index >= 15 is 0 Å². The number of nitrogens with zero attached hydrogens (tertiary/aromatic N) is 3. The normalized spacial score (nSPS) is 16.0. The van der Waals surface area contributed by atoms with E-state index in [-0.39, 0.29) is 11.6 Å². The molecule has 0 saturated heterocycles. The van der Waals surface area contributed by atoms with E-state index in [9.17, 15) is 18.0 Å². The number of hydrogen-bond donors (Lipinski definition) is 0. The van der Waals surface area contributed by atoms with Gasteiger partial charge in [-0.25, -0.2) is 9.67 Å². The predicted molar refractivity (Wildman–Crippen MR) is 101 cm³/mol. The zero-order valence-corrected chi connectivity index (χ0v) is 15.7. The third kappa shape index (κ3) is 3.51. The van der Waals surface area contributed by atoms with Crippen LogP contribution in [-0.4, -0.2) is 22.0 Å². The molecule has 0 aliphatic carbocycles. The Bertz CT molecular complexity index is 1120. The number of carbonyl (C=O) groups excluding carboxylic acids is 1. The Morgan fingerprint density at radius 3 is 2.55 bits per heavy atom. The standard InChI is InChI=1S/C20H13ClF3N3O2/c1-11-7-12(21)8-14-16(10-28)29-19(25-18(11)14)15-9-17(20(22,23)24)26-27(15)13-5-3-2-4-6-13/h2-10,16H,1H3. The molecule has 9 heteroatoms. The van der Waals surface area contributed by atoms with E-state index in [1.54, 1.807) is 49.4 Å². The average Bonchev–Trinajstić information content (AvgIpc) is 3.14. The number of carbonyl (C=O) groups is 1. The summed E-state index contributed by atoms with van der Waals surface area (Å²) < 4.78 is 46.7. The summed E-state index contributed by atoms with van der Waals surface area (Å²) in [6.07, 6.45) is -5.16. The van der Waals surface area contributed by atoms with Crippen molar-refractivity contribution < 1.29 is 22.7 Å². The van der Waals surface area contributed by atoms with Gasteiger partial charge in [-0.05, 0) is 36.8 Å². The number of para-hydroxylation sites is 1. The molecular formula is C20H13ClF3N3O2. The fourth-order valence-corrected chi connectivity index (χ4v) is 3.38. The second-order valence-corrected chi connectivity index (χ2v) is 6.85. The molecule has 5 nitrogen and oxygen atoms in total. The predicted octanol–water partition coefficient (Wildman–Crippen LogP) is 5.20. The molecule has 2 aromatic carbocycles. The summed E-state index contributed by atoms with van der Waals surface area (Å²) in [5.74, 6) is -0.133. The summed E-state index contributed by atoms with van der Waals surface area (Å²) in [5, 5.41) is 4.10. The van der Waals surface area contributed by atoms with Gasteiger partial charge in [0.2, 0.25) is 5.90 Å². The van der Waals surface area contributed by atoms with E-state index in [1.165, 1.54) is 0 Å². The Morgan fingerprint density at radius 1 is 1.17 bits per heavy atom. The SMILES string of the molecule is Cc1cc(Cl)cc2c1N=C(c1cc(C(F)(F)F)nn1-c1ccccc1)OC2C=O. The number of aryl methyl sites for hydroxylation is 1. The van der Waals surface area contributed by atoms with E-state index in [1.807, 2.05) is 0 Å². The van der Waals surface area contributed by atoms with Crippen molar-refractivity contribution in [3.05, 3.63) is 76.1 Å². The largest absolute Gasteiger partial charge is 0.460 e. The lowest BCUT2D eigenvalue weighted by atomic mass is 10.0. The van der Waals surface area contributed by atoms with Crippen molar-refractivity contribution in [2.75, 3.05) is 0 Å². The van der Waals surface area contributed by atoms with Crippen LogP contribution in [0, 0.1) is 6.92 Å². The molecule has 148 valence electrons. The number of aldehydes is 1. The first-order chi connectivity index (χ1) is 13.8. The molecule has 0 amide bonds. The minimum absolute atomic E-state index is 0.0182. The third-order valence-electron chi connectivity index (χ3n) is 4.40. The van der Waals surface area contributed by atoms with Crippen LogP contribution in [-0.2, 0) is 15.7 Å². The van der Waals surface area contributed by atoms with Crippen molar-refractivity contribution in [1.29, 1.82) is 0 Å². The van der Waals surface area contributed by atoms with Crippen LogP contribution in [0.2, 0.25) is 5.02 Å². The lowest BCUT2D eigenvalue weighted by Gasteiger charge is -2.24. The van der Waals surface area contributed by atoms with Crippen LogP contribution >= 0.6 is 11.6 Å². The molecule has 1 aliphatic rings. The molecule has 29 heavy (non-hydrogen) atoms. The third-order valence-corrected chi connectivity index (χ3v) is 4.61. The molecule has 0 fully saturated rings. The number of hydrogen-bond acceptors (Lipinski definition) is 4. The van der Waals surface area contributed by atoms with Gasteiger partial charge in [0.05, 0.1) is 11.4 Å². The van der Waals surface area contributed by atoms with E-state index < -0.39 is 18.0 Å². The number of aliphatic imine (C=N–C) groups is 1. The van der Waals surface area contributed by atoms with Crippen LogP contribution in [0.3, 0.4) is 0 Å². The van der Waals surface area contributed by atoms with Crippen LogP contribution in [0.15, 0.2) is 53.5 Å². The summed E-state index contributed by atoms with van der Waals surface area (Å²) in [6, 6.07) is 12.4. The number of fused-ring (bicyclic) bond motifs is 1. The molecule has 0 spiro atoms. The maximum absolute atomic E-state index is 13.3. The molecule has 4 rings (SSSR count). The Hall–Kier alpha value is -3.13. The highest BCUT2D eigenvalue weighted by atomic mass is 35.5. The van der Waals surface area contributed by atoms with Crippen molar-refractivity contribution in [2.45, 2.75) is 19.2 Å². The smallest absolute Gasteiger partial charge is 0.435 e. The van der Waals surface area contributed by atoms with Gasteiger partial charge in [0, 0.05) is 16.7 Å². The van der Waals surface area contributed by atoms with Crippen molar-refractivity contribution in [2.24, 2.45) is 4.99 Å². The van der Waals surface area contributed by atoms with Crippen molar-refractivity contribution in [3.8, 4) is 5.69 Å². The molecule has 1 unspecified atom stereocenters. The number of halogens is 4. The molecule has 3 aromatic rings. The molecule has 1 atom stereocenters. The zero-order valence-electron chi connectivity index (χ0n) is 14.9. The topological polar surface area (TPSA) is 56.5 Å². The Balaban J connectivity index is 1.93. The average molecular weight is 420 g/mol. The lowest BCUT2D eigenvalue weighted by molar-refractivity contribution is -0.141. The quantitative estimate of drug-likeness (QED) is 0.548. The van der Waals surface area contributed by atoms with Gasteiger partial charge in [-0.3, -0.25) is 4.79 Å². The van der Waals surface area contributed by atoms with Crippen molar-refractivity contribution in [1.82, 2.24) is 9.78 Å². The lowest BCUT2D eigenvalue weighted by Crippen LogP contribution is -2.21. The highest BCUT2D eigenvalue weighted by molar-refractivity contribution is 6.30. The molecule has 1 aromatic heterocycles. The first-order valence-electron chi connectivity index (χ1n) is 8.51. The monoisotopic (exact) mass is 419 g/mol. The van der Waals surface area contributed by atoms with Crippen molar-refractivity contribution >= 4 is 29.5 Å². The van der Waals surface area contributed by atoms with Gasteiger partial charge < -0.3 is 4.74 Å². The number of aromatic nitrogens is 2. The summed E-state index contributed by atoms with van der Waals surface area (Å²) in [4.78, 5) is 16.0. The number of alkyl halides is 3. The maximum Gasteiger partial charge on any atom is 0.435 e. The number of ether oxygens (including phenoxy) is 1. The van der Waals surface area contributed by atoms with Gasteiger partial charge in [0.15, 0.2) is 18.1 Å². The minimum Gasteiger partial charge on any atom is -0.460 e. The Labute approximate surface area is 168 Å². The molecule has 0 bridgehead atoms. The van der Waals surface area contributed by atoms with Crippen LogP contribution in [0.25, 0.3) is 5.69 Å². The van der Waals surface area contributed by atoms with Gasteiger partial charge in [0.25, 0.3) is 0 Å². The van der Waals surface area contributed by atoms with E-state index in [0.29, 0.717) is 33.8 Å². The zero-order chi connectivity index (χ0) is 20.8.